The lowest BCUT2D eigenvalue weighted by molar-refractivity contribution is 0.180. The van der Waals surface area contributed by atoms with Crippen LogP contribution in [-0.2, 0) is 6.42 Å². The topological polar surface area (TPSA) is 32.3 Å². The Bertz CT molecular complexity index is 649. The first-order valence-electron chi connectivity index (χ1n) is 8.56. The predicted octanol–water partition coefficient (Wildman–Crippen LogP) is 4.70. The summed E-state index contributed by atoms with van der Waals surface area (Å²) in [6.45, 7) is 1.57. The van der Waals surface area contributed by atoms with Crippen molar-refractivity contribution in [1.82, 2.24) is 4.90 Å². The third kappa shape index (κ3) is 4.57. The molecule has 0 bridgehead atoms. The molecule has 0 aliphatic carbocycles. The number of hydrogen-bond donors (Lipinski definition) is 1. The van der Waals surface area contributed by atoms with E-state index in [4.69, 9.17) is 0 Å². The monoisotopic (exact) mass is 326 g/mol. The van der Waals surface area contributed by atoms with Gasteiger partial charge in [0.2, 0.25) is 0 Å². The Morgan fingerprint density at radius 2 is 1.71 bits per heavy atom. The Labute approximate surface area is 142 Å². The Hall–Kier alpha value is -2.36. The number of likely N-dealkylation sites (tertiary alicyclic amines) is 1. The van der Waals surface area contributed by atoms with E-state index in [2.05, 4.69) is 29.6 Å². The highest BCUT2D eigenvalue weighted by atomic mass is 19.1. The van der Waals surface area contributed by atoms with E-state index in [1.807, 2.05) is 11.0 Å². The molecule has 3 rings (SSSR count). The number of carbonyl (C=O) groups excluding carboxylic acids is 1. The first-order chi connectivity index (χ1) is 11.7. The molecular formula is C20H23FN2O. The zero-order chi connectivity index (χ0) is 16.8. The second-order valence-corrected chi connectivity index (χ2v) is 6.39. The molecule has 0 aromatic heterocycles. The fourth-order valence-corrected chi connectivity index (χ4v) is 3.18. The van der Waals surface area contributed by atoms with Gasteiger partial charge < -0.3 is 10.2 Å². The molecule has 1 saturated heterocycles. The van der Waals surface area contributed by atoms with E-state index in [0.29, 0.717) is 11.6 Å². The molecule has 0 saturated carbocycles. The Morgan fingerprint density at radius 3 is 2.38 bits per heavy atom. The standard InChI is InChI=1S/C20H23FN2O/c21-18-8-10-19(11-9-18)22-20(24)23-14-12-17(13-15-23)7-6-16-4-2-1-3-5-16/h1-5,8-11,17H,6-7,12-15H2,(H,22,24). The summed E-state index contributed by atoms with van der Waals surface area (Å²) >= 11 is 0. The normalized spacial score (nSPS) is 15.3. The summed E-state index contributed by atoms with van der Waals surface area (Å²) in [4.78, 5) is 14.1. The van der Waals surface area contributed by atoms with Crippen LogP contribution < -0.4 is 5.32 Å². The summed E-state index contributed by atoms with van der Waals surface area (Å²) in [5.41, 5.74) is 2.02. The van der Waals surface area contributed by atoms with Crippen molar-refractivity contribution >= 4 is 11.7 Å². The van der Waals surface area contributed by atoms with Crippen molar-refractivity contribution in [2.24, 2.45) is 5.92 Å². The predicted molar refractivity (Wildman–Crippen MR) is 94.5 cm³/mol. The molecule has 2 aromatic carbocycles. The van der Waals surface area contributed by atoms with Crippen LogP contribution >= 0.6 is 0 Å². The fraction of sp³-hybridized carbons (Fsp3) is 0.350. The van der Waals surface area contributed by atoms with Gasteiger partial charge in [-0.3, -0.25) is 0 Å². The summed E-state index contributed by atoms with van der Waals surface area (Å²) in [6, 6.07) is 16.3. The van der Waals surface area contributed by atoms with Crippen molar-refractivity contribution < 1.29 is 9.18 Å². The number of rotatable bonds is 4. The van der Waals surface area contributed by atoms with Crippen molar-refractivity contribution in [3.05, 3.63) is 66.0 Å². The molecule has 1 fully saturated rings. The van der Waals surface area contributed by atoms with Crippen LogP contribution in [0.2, 0.25) is 0 Å². The number of halogens is 1. The van der Waals surface area contributed by atoms with Crippen molar-refractivity contribution in [3.63, 3.8) is 0 Å². The van der Waals surface area contributed by atoms with Gasteiger partial charge in [0.15, 0.2) is 0 Å². The van der Waals surface area contributed by atoms with Crippen LogP contribution in [-0.4, -0.2) is 24.0 Å². The lowest BCUT2D eigenvalue weighted by Gasteiger charge is -2.32. The number of benzene rings is 2. The van der Waals surface area contributed by atoms with Gasteiger partial charge in [-0.25, -0.2) is 9.18 Å². The van der Waals surface area contributed by atoms with Gasteiger partial charge in [-0.15, -0.1) is 0 Å². The zero-order valence-electron chi connectivity index (χ0n) is 13.7. The molecule has 24 heavy (non-hydrogen) atoms. The summed E-state index contributed by atoms with van der Waals surface area (Å²) in [5.74, 6) is 0.382. The van der Waals surface area contributed by atoms with E-state index >= 15 is 0 Å². The molecule has 1 heterocycles. The number of urea groups is 1. The van der Waals surface area contributed by atoms with E-state index in [1.165, 1.54) is 24.1 Å². The van der Waals surface area contributed by atoms with E-state index in [9.17, 15) is 9.18 Å². The maximum Gasteiger partial charge on any atom is 0.321 e. The highest BCUT2D eigenvalue weighted by molar-refractivity contribution is 5.89. The minimum atomic E-state index is -0.299. The molecule has 0 unspecified atom stereocenters. The number of nitrogens with zero attached hydrogens (tertiary/aromatic N) is 1. The maximum atomic E-state index is 12.9. The van der Waals surface area contributed by atoms with Gasteiger partial charge in [0.25, 0.3) is 0 Å². The lowest BCUT2D eigenvalue weighted by atomic mass is 9.90. The second kappa shape index (κ2) is 7.95. The molecule has 1 aliphatic rings. The minimum absolute atomic E-state index is 0.0943. The van der Waals surface area contributed by atoms with Gasteiger partial charge in [0.1, 0.15) is 5.82 Å². The Morgan fingerprint density at radius 1 is 1.04 bits per heavy atom. The van der Waals surface area contributed by atoms with Gasteiger partial charge in [-0.2, -0.15) is 0 Å². The third-order valence-corrected chi connectivity index (χ3v) is 4.68. The number of anilines is 1. The van der Waals surface area contributed by atoms with Gasteiger partial charge in [-0.05, 0) is 61.4 Å². The first kappa shape index (κ1) is 16.5. The number of piperidine rings is 1. The molecule has 1 aliphatic heterocycles. The number of nitrogens with one attached hydrogen (secondary N) is 1. The molecule has 4 heteroatoms. The largest absolute Gasteiger partial charge is 0.325 e. The summed E-state index contributed by atoms with van der Waals surface area (Å²) in [6.07, 6.45) is 4.37. The van der Waals surface area contributed by atoms with Gasteiger partial charge in [0, 0.05) is 18.8 Å². The molecular weight excluding hydrogens is 303 g/mol. The van der Waals surface area contributed by atoms with Crippen LogP contribution in [0.1, 0.15) is 24.8 Å². The number of hydrogen-bond acceptors (Lipinski definition) is 1. The molecule has 126 valence electrons. The van der Waals surface area contributed by atoms with Crippen molar-refractivity contribution in [2.75, 3.05) is 18.4 Å². The van der Waals surface area contributed by atoms with Crippen molar-refractivity contribution in [2.45, 2.75) is 25.7 Å². The number of aryl methyl sites for hydroxylation is 1. The van der Waals surface area contributed by atoms with E-state index in [1.54, 1.807) is 12.1 Å². The van der Waals surface area contributed by atoms with Gasteiger partial charge in [-0.1, -0.05) is 30.3 Å². The third-order valence-electron chi connectivity index (χ3n) is 4.68. The van der Waals surface area contributed by atoms with Gasteiger partial charge in [0.05, 0.1) is 0 Å². The first-order valence-corrected chi connectivity index (χ1v) is 8.56. The summed E-state index contributed by atoms with van der Waals surface area (Å²) in [7, 11) is 0. The Balaban J connectivity index is 1.42. The van der Waals surface area contributed by atoms with E-state index in [0.717, 1.165) is 32.4 Å². The van der Waals surface area contributed by atoms with Crippen LogP contribution in [0.3, 0.4) is 0 Å². The lowest BCUT2D eigenvalue weighted by Crippen LogP contribution is -2.41. The average molecular weight is 326 g/mol. The van der Waals surface area contributed by atoms with Crippen LogP contribution in [0.15, 0.2) is 54.6 Å². The number of carbonyl (C=O) groups is 1. The maximum absolute atomic E-state index is 12.9. The Kier molecular flexibility index (Phi) is 5.47. The zero-order valence-corrected chi connectivity index (χ0v) is 13.7. The SMILES string of the molecule is O=C(Nc1ccc(F)cc1)N1CCC(CCc2ccccc2)CC1. The van der Waals surface area contributed by atoms with Gasteiger partial charge >= 0.3 is 6.03 Å². The van der Waals surface area contributed by atoms with Crippen molar-refractivity contribution in [3.8, 4) is 0 Å². The quantitative estimate of drug-likeness (QED) is 0.867. The van der Waals surface area contributed by atoms with E-state index in [-0.39, 0.29) is 11.8 Å². The molecule has 0 radical (unpaired) electrons. The van der Waals surface area contributed by atoms with E-state index < -0.39 is 0 Å². The summed E-state index contributed by atoms with van der Waals surface area (Å²) in [5, 5.41) is 2.83. The number of amides is 2. The average Bonchev–Trinajstić information content (AvgIpc) is 2.63. The summed E-state index contributed by atoms with van der Waals surface area (Å²) < 4.78 is 12.9. The van der Waals surface area contributed by atoms with Crippen LogP contribution in [0.4, 0.5) is 14.9 Å². The van der Waals surface area contributed by atoms with Crippen LogP contribution in [0.25, 0.3) is 0 Å². The van der Waals surface area contributed by atoms with Crippen LogP contribution in [0.5, 0.6) is 0 Å². The highest BCUT2D eigenvalue weighted by Gasteiger charge is 2.22. The fourth-order valence-electron chi connectivity index (χ4n) is 3.18. The molecule has 0 atom stereocenters. The highest BCUT2D eigenvalue weighted by Crippen LogP contribution is 2.23. The van der Waals surface area contributed by atoms with Crippen LogP contribution in [0, 0.1) is 11.7 Å². The molecule has 3 nitrogen and oxygen atoms in total. The molecule has 2 aromatic rings. The van der Waals surface area contributed by atoms with Crippen molar-refractivity contribution in [1.29, 1.82) is 0 Å². The molecule has 1 N–H and O–H groups in total. The molecule has 2 amide bonds. The minimum Gasteiger partial charge on any atom is -0.325 e. The molecule has 0 spiro atoms. The smallest absolute Gasteiger partial charge is 0.321 e. The second-order valence-electron chi connectivity index (χ2n) is 6.39.